The second-order valence-electron chi connectivity index (χ2n) is 9.78. The zero-order valence-electron chi connectivity index (χ0n) is 22.5. The van der Waals surface area contributed by atoms with Crippen LogP contribution in [0, 0.1) is 5.82 Å². The van der Waals surface area contributed by atoms with Crippen molar-refractivity contribution in [3.63, 3.8) is 0 Å². The first-order valence-electron chi connectivity index (χ1n) is 11.9. The highest BCUT2D eigenvalue weighted by Crippen LogP contribution is 2.24. The van der Waals surface area contributed by atoms with E-state index < -0.39 is 40.1 Å². The smallest absolute Gasteiger partial charge is 0.304 e. The lowest BCUT2D eigenvalue weighted by molar-refractivity contribution is -0.141. The summed E-state index contributed by atoms with van der Waals surface area (Å²) in [7, 11) is -0.105. The summed E-state index contributed by atoms with van der Waals surface area (Å²) >= 11 is 0. The summed E-state index contributed by atoms with van der Waals surface area (Å²) in [6.45, 7) is 6.60. The Hall–Kier alpha value is -3.18. The van der Waals surface area contributed by atoms with Crippen LogP contribution in [0.5, 0.6) is 5.75 Å². The van der Waals surface area contributed by atoms with Gasteiger partial charge in [0.1, 0.15) is 24.2 Å². The molecule has 0 fully saturated rings. The minimum Gasteiger partial charge on any atom is -0.497 e. The van der Waals surface area contributed by atoms with Crippen molar-refractivity contribution in [2.24, 2.45) is 0 Å². The number of carbonyl (C=O) groups is 2. The molecule has 1 N–H and O–H groups in total. The van der Waals surface area contributed by atoms with E-state index in [2.05, 4.69) is 5.32 Å². The number of benzene rings is 2. The number of hydrogen-bond donors (Lipinski definition) is 1. The van der Waals surface area contributed by atoms with Crippen molar-refractivity contribution in [2.45, 2.75) is 52.2 Å². The number of nitrogens with one attached hydrogen (secondary N) is 1. The van der Waals surface area contributed by atoms with Crippen molar-refractivity contribution in [2.75, 3.05) is 32.1 Å². The van der Waals surface area contributed by atoms with Crippen LogP contribution in [0.3, 0.4) is 0 Å². The van der Waals surface area contributed by atoms with Gasteiger partial charge in [0.05, 0.1) is 12.8 Å². The van der Waals surface area contributed by atoms with E-state index in [-0.39, 0.29) is 24.6 Å². The van der Waals surface area contributed by atoms with Gasteiger partial charge in [-0.05, 0) is 57.0 Å². The van der Waals surface area contributed by atoms with E-state index >= 15 is 0 Å². The van der Waals surface area contributed by atoms with Gasteiger partial charge in [-0.2, -0.15) is 12.7 Å². The molecule has 2 amide bonds. The van der Waals surface area contributed by atoms with Crippen LogP contribution in [0.25, 0.3) is 0 Å². The molecule has 204 valence electrons. The molecule has 0 aromatic heterocycles. The zero-order chi connectivity index (χ0) is 28.0. The van der Waals surface area contributed by atoms with Gasteiger partial charge in [-0.15, -0.1) is 0 Å². The lowest BCUT2D eigenvalue weighted by Gasteiger charge is -2.35. The molecule has 37 heavy (non-hydrogen) atoms. The standard InChI is InChI=1S/C26H37FN4O5S/c1-8-22(25(33)28-26(2,3)4)30(17-19-13-15-20(36-7)16-14-19)24(32)18-31(37(34,35)29(5)6)23-12-10-9-11-21(23)27/h9-16,22H,8,17-18H2,1-7H3,(H,28,33). The number of carbonyl (C=O) groups excluding carboxylic acids is 2. The van der Waals surface area contributed by atoms with Gasteiger partial charge in [-0.25, -0.2) is 8.70 Å². The third-order valence-corrected chi connectivity index (χ3v) is 7.34. The molecule has 1 atom stereocenters. The zero-order valence-corrected chi connectivity index (χ0v) is 23.3. The Morgan fingerprint density at radius 3 is 2.14 bits per heavy atom. The Balaban J connectivity index is 2.53. The van der Waals surface area contributed by atoms with Crippen molar-refractivity contribution in [3.8, 4) is 5.75 Å². The Morgan fingerprint density at radius 2 is 1.65 bits per heavy atom. The SMILES string of the molecule is CCC(C(=O)NC(C)(C)C)N(Cc1ccc(OC)cc1)C(=O)CN(c1ccccc1F)S(=O)(=O)N(C)C. The summed E-state index contributed by atoms with van der Waals surface area (Å²) in [6.07, 6.45) is 0.282. The molecular weight excluding hydrogens is 499 g/mol. The Kier molecular flexibility index (Phi) is 10.0. The van der Waals surface area contributed by atoms with Gasteiger partial charge < -0.3 is 15.0 Å². The summed E-state index contributed by atoms with van der Waals surface area (Å²) in [5.41, 5.74) is -0.0995. The normalized spacial score (nSPS) is 12.7. The van der Waals surface area contributed by atoms with E-state index in [1.54, 1.807) is 31.2 Å². The number of nitrogens with zero attached hydrogens (tertiary/aromatic N) is 3. The molecule has 2 aromatic rings. The minimum absolute atomic E-state index is 0.0338. The average Bonchev–Trinajstić information content (AvgIpc) is 2.82. The molecule has 1 unspecified atom stereocenters. The van der Waals surface area contributed by atoms with Gasteiger partial charge in [0.2, 0.25) is 11.8 Å². The van der Waals surface area contributed by atoms with Gasteiger partial charge >= 0.3 is 10.2 Å². The van der Waals surface area contributed by atoms with Crippen LogP contribution in [0.2, 0.25) is 0 Å². The lowest BCUT2D eigenvalue weighted by Crippen LogP contribution is -2.55. The highest BCUT2D eigenvalue weighted by atomic mass is 32.2. The van der Waals surface area contributed by atoms with Gasteiger partial charge in [-0.1, -0.05) is 31.2 Å². The summed E-state index contributed by atoms with van der Waals surface area (Å²) in [5, 5.41) is 2.90. The average molecular weight is 537 g/mol. The molecule has 0 aliphatic rings. The van der Waals surface area contributed by atoms with E-state index in [1.165, 1.54) is 44.3 Å². The fourth-order valence-corrected chi connectivity index (χ4v) is 4.72. The van der Waals surface area contributed by atoms with E-state index in [0.29, 0.717) is 11.3 Å². The Labute approximate surface area is 219 Å². The van der Waals surface area contributed by atoms with E-state index in [1.807, 2.05) is 20.8 Å². The van der Waals surface area contributed by atoms with Crippen molar-refractivity contribution in [3.05, 3.63) is 59.9 Å². The van der Waals surface area contributed by atoms with Crippen molar-refractivity contribution >= 4 is 27.7 Å². The molecule has 11 heteroatoms. The first-order chi connectivity index (χ1) is 17.2. The summed E-state index contributed by atoms with van der Waals surface area (Å²) in [4.78, 5) is 28.3. The Morgan fingerprint density at radius 1 is 1.05 bits per heavy atom. The van der Waals surface area contributed by atoms with Crippen LogP contribution < -0.4 is 14.4 Å². The van der Waals surface area contributed by atoms with E-state index in [0.717, 1.165) is 14.7 Å². The summed E-state index contributed by atoms with van der Waals surface area (Å²) < 4.78 is 47.8. The van der Waals surface area contributed by atoms with Gasteiger partial charge in [0.15, 0.2) is 0 Å². The van der Waals surface area contributed by atoms with Gasteiger partial charge in [0.25, 0.3) is 0 Å². The quantitative estimate of drug-likeness (QED) is 0.476. The topological polar surface area (TPSA) is 99.3 Å². The molecule has 0 heterocycles. The molecule has 0 bridgehead atoms. The first kappa shape index (κ1) is 30.0. The summed E-state index contributed by atoms with van der Waals surface area (Å²) in [5.74, 6) is -1.19. The maximum atomic E-state index is 14.7. The van der Waals surface area contributed by atoms with Crippen LogP contribution in [0.15, 0.2) is 48.5 Å². The molecule has 0 aliphatic carbocycles. The second kappa shape index (κ2) is 12.4. The van der Waals surface area contributed by atoms with Crippen LogP contribution in [0.4, 0.5) is 10.1 Å². The van der Waals surface area contributed by atoms with Gasteiger partial charge in [-0.3, -0.25) is 9.59 Å². The van der Waals surface area contributed by atoms with Crippen LogP contribution >= 0.6 is 0 Å². The molecule has 2 aromatic carbocycles. The maximum absolute atomic E-state index is 14.7. The molecule has 0 aliphatic heterocycles. The fourth-order valence-electron chi connectivity index (χ4n) is 3.66. The number of methoxy groups -OCH3 is 1. The first-order valence-corrected chi connectivity index (χ1v) is 13.3. The lowest BCUT2D eigenvalue weighted by atomic mass is 10.1. The highest BCUT2D eigenvalue weighted by molar-refractivity contribution is 7.90. The van der Waals surface area contributed by atoms with Gasteiger partial charge in [0, 0.05) is 26.2 Å². The third kappa shape index (κ3) is 7.90. The Bertz CT molecular complexity index is 1180. The van der Waals surface area contributed by atoms with Crippen LogP contribution in [-0.2, 0) is 26.3 Å². The van der Waals surface area contributed by atoms with E-state index in [9.17, 15) is 22.4 Å². The number of hydrogen-bond acceptors (Lipinski definition) is 5. The van der Waals surface area contributed by atoms with Crippen molar-refractivity contribution < 1.29 is 27.1 Å². The molecule has 0 saturated heterocycles. The number of anilines is 1. The monoisotopic (exact) mass is 536 g/mol. The van der Waals surface area contributed by atoms with Crippen LogP contribution in [0.1, 0.15) is 39.7 Å². The highest BCUT2D eigenvalue weighted by Gasteiger charge is 2.35. The van der Waals surface area contributed by atoms with E-state index in [4.69, 9.17) is 4.74 Å². The van der Waals surface area contributed by atoms with Crippen molar-refractivity contribution in [1.82, 2.24) is 14.5 Å². The molecule has 0 spiro atoms. The fraction of sp³-hybridized carbons (Fsp3) is 0.462. The molecule has 0 saturated carbocycles. The molecule has 2 rings (SSSR count). The maximum Gasteiger partial charge on any atom is 0.304 e. The molecule has 9 nitrogen and oxygen atoms in total. The predicted molar refractivity (Wildman–Crippen MR) is 142 cm³/mol. The third-order valence-electron chi connectivity index (χ3n) is 5.54. The minimum atomic E-state index is -4.24. The molecule has 0 radical (unpaired) electrons. The molecular formula is C26H37FN4O5S. The number of halogens is 1. The second-order valence-corrected chi connectivity index (χ2v) is 11.8. The number of amides is 2. The van der Waals surface area contributed by atoms with Crippen molar-refractivity contribution in [1.29, 1.82) is 0 Å². The van der Waals surface area contributed by atoms with Crippen LogP contribution in [-0.4, -0.2) is 68.8 Å². The summed E-state index contributed by atoms with van der Waals surface area (Å²) in [6, 6.07) is 11.4. The number of rotatable bonds is 11. The number of para-hydroxylation sites is 1. The predicted octanol–water partition coefficient (Wildman–Crippen LogP) is 3.17. The largest absolute Gasteiger partial charge is 0.497 e. The number of ether oxygens (including phenoxy) is 1.